The normalized spacial score (nSPS) is 11.8. The highest BCUT2D eigenvalue weighted by atomic mass is 35.5. The van der Waals surface area contributed by atoms with Gasteiger partial charge in [-0.25, -0.2) is 0 Å². The van der Waals surface area contributed by atoms with Crippen LogP contribution in [0.3, 0.4) is 0 Å². The number of hydrogen-bond donors (Lipinski definition) is 3. The molecule has 2 rings (SSSR count). The van der Waals surface area contributed by atoms with Crippen molar-refractivity contribution in [2.45, 2.75) is 25.7 Å². The molecule has 0 bridgehead atoms. The SMILES string of the molecule is CN=C(NCCc1cccc(C(=O)NC)c1)NCC(C)(C)c1ccccc1Cl. The van der Waals surface area contributed by atoms with Crippen LogP contribution in [-0.2, 0) is 11.8 Å². The maximum Gasteiger partial charge on any atom is 0.251 e. The average Bonchev–Trinajstić information content (AvgIpc) is 2.70. The van der Waals surface area contributed by atoms with Crippen molar-refractivity contribution in [3.05, 3.63) is 70.2 Å². The summed E-state index contributed by atoms with van der Waals surface area (Å²) in [6.45, 7) is 5.71. The van der Waals surface area contributed by atoms with Crippen molar-refractivity contribution in [3.63, 3.8) is 0 Å². The summed E-state index contributed by atoms with van der Waals surface area (Å²) in [5, 5.41) is 10.1. The largest absolute Gasteiger partial charge is 0.356 e. The Morgan fingerprint density at radius 3 is 2.54 bits per heavy atom. The number of carbonyl (C=O) groups is 1. The highest BCUT2D eigenvalue weighted by Gasteiger charge is 2.23. The van der Waals surface area contributed by atoms with Gasteiger partial charge in [-0.15, -0.1) is 0 Å². The van der Waals surface area contributed by atoms with Gasteiger partial charge in [0.2, 0.25) is 0 Å². The number of nitrogens with zero attached hydrogens (tertiary/aromatic N) is 1. The number of amides is 1. The monoisotopic (exact) mass is 400 g/mol. The lowest BCUT2D eigenvalue weighted by molar-refractivity contribution is 0.0963. The number of nitrogens with one attached hydrogen (secondary N) is 3. The van der Waals surface area contributed by atoms with Crippen LogP contribution in [0.1, 0.15) is 35.3 Å². The van der Waals surface area contributed by atoms with Gasteiger partial charge in [0.15, 0.2) is 5.96 Å². The zero-order valence-electron chi connectivity index (χ0n) is 17.0. The van der Waals surface area contributed by atoms with Gasteiger partial charge in [-0.3, -0.25) is 9.79 Å². The number of guanidine groups is 1. The second-order valence-corrected chi connectivity index (χ2v) is 7.65. The van der Waals surface area contributed by atoms with Crippen molar-refractivity contribution in [2.24, 2.45) is 4.99 Å². The summed E-state index contributed by atoms with van der Waals surface area (Å²) >= 11 is 6.35. The lowest BCUT2D eigenvalue weighted by Gasteiger charge is -2.27. The Kier molecular flexibility index (Phi) is 7.88. The molecule has 0 spiro atoms. The molecule has 0 atom stereocenters. The van der Waals surface area contributed by atoms with Gasteiger partial charge in [0.25, 0.3) is 5.91 Å². The van der Waals surface area contributed by atoms with Crippen LogP contribution < -0.4 is 16.0 Å². The van der Waals surface area contributed by atoms with Crippen LogP contribution in [0.5, 0.6) is 0 Å². The van der Waals surface area contributed by atoms with E-state index in [-0.39, 0.29) is 11.3 Å². The molecular weight excluding hydrogens is 372 g/mol. The molecule has 0 aliphatic heterocycles. The molecule has 6 heteroatoms. The number of benzene rings is 2. The van der Waals surface area contributed by atoms with Crippen molar-refractivity contribution in [2.75, 3.05) is 27.2 Å². The fourth-order valence-corrected chi connectivity index (χ4v) is 3.36. The summed E-state index contributed by atoms with van der Waals surface area (Å²) in [7, 11) is 3.39. The van der Waals surface area contributed by atoms with Gasteiger partial charge in [0.1, 0.15) is 0 Å². The standard InChI is InChI=1S/C22H29ClN4O/c1-22(2,18-10-5-6-11-19(18)23)15-27-21(25-4)26-13-12-16-8-7-9-17(14-16)20(28)24-3/h5-11,14H,12-13,15H2,1-4H3,(H,24,28)(H2,25,26,27). The molecule has 150 valence electrons. The molecule has 0 unspecified atom stereocenters. The number of rotatable bonds is 7. The van der Waals surface area contributed by atoms with Crippen molar-refractivity contribution >= 4 is 23.5 Å². The van der Waals surface area contributed by atoms with Crippen LogP contribution in [0.2, 0.25) is 5.02 Å². The quantitative estimate of drug-likeness (QED) is 0.493. The first kappa shape index (κ1) is 21.8. The Labute approximate surface area is 172 Å². The van der Waals surface area contributed by atoms with Crippen LogP contribution in [0, 0.1) is 0 Å². The summed E-state index contributed by atoms with van der Waals surface area (Å²) in [6, 6.07) is 15.6. The molecule has 0 heterocycles. The van der Waals surface area contributed by atoms with Gasteiger partial charge in [-0.05, 0) is 35.7 Å². The predicted molar refractivity (Wildman–Crippen MR) is 117 cm³/mol. The zero-order chi connectivity index (χ0) is 20.6. The molecule has 0 saturated heterocycles. The Morgan fingerprint density at radius 1 is 1.11 bits per heavy atom. The second kappa shape index (κ2) is 10.1. The van der Waals surface area contributed by atoms with Crippen LogP contribution in [0.15, 0.2) is 53.5 Å². The molecule has 0 aliphatic carbocycles. The minimum absolute atomic E-state index is 0.0749. The van der Waals surface area contributed by atoms with E-state index in [2.05, 4.69) is 40.9 Å². The summed E-state index contributed by atoms with van der Waals surface area (Å²) in [5.74, 6) is 0.664. The van der Waals surface area contributed by atoms with Gasteiger partial charge in [0, 0.05) is 43.2 Å². The number of carbonyl (C=O) groups excluding carboxylic acids is 1. The minimum atomic E-state index is -0.141. The number of hydrogen-bond acceptors (Lipinski definition) is 2. The lowest BCUT2D eigenvalue weighted by atomic mass is 9.84. The molecule has 3 N–H and O–H groups in total. The summed E-state index contributed by atoms with van der Waals surface area (Å²) in [4.78, 5) is 16.0. The molecule has 1 amide bonds. The fraction of sp³-hybridized carbons (Fsp3) is 0.364. The molecule has 0 fully saturated rings. The maximum atomic E-state index is 11.7. The second-order valence-electron chi connectivity index (χ2n) is 7.25. The van der Waals surface area contributed by atoms with Crippen molar-refractivity contribution in [1.29, 1.82) is 0 Å². The molecule has 28 heavy (non-hydrogen) atoms. The van der Waals surface area contributed by atoms with E-state index in [0.717, 1.165) is 28.5 Å². The van der Waals surface area contributed by atoms with Crippen molar-refractivity contribution in [3.8, 4) is 0 Å². The molecule has 2 aromatic rings. The predicted octanol–water partition coefficient (Wildman–Crippen LogP) is 3.38. The molecule has 5 nitrogen and oxygen atoms in total. The molecule has 0 radical (unpaired) electrons. The molecule has 2 aromatic carbocycles. The number of aliphatic imine (C=N–C) groups is 1. The minimum Gasteiger partial charge on any atom is -0.356 e. The van der Waals surface area contributed by atoms with Crippen LogP contribution in [-0.4, -0.2) is 39.1 Å². The highest BCUT2D eigenvalue weighted by Crippen LogP contribution is 2.28. The third-order valence-corrected chi connectivity index (χ3v) is 4.98. The van der Waals surface area contributed by atoms with Gasteiger partial charge >= 0.3 is 0 Å². The van der Waals surface area contributed by atoms with Crippen LogP contribution in [0.25, 0.3) is 0 Å². The van der Waals surface area contributed by atoms with E-state index in [4.69, 9.17) is 11.6 Å². The molecule has 0 aromatic heterocycles. The molecule has 0 aliphatic rings. The first-order chi connectivity index (χ1) is 13.4. The zero-order valence-corrected chi connectivity index (χ0v) is 17.7. The van der Waals surface area contributed by atoms with E-state index in [1.165, 1.54) is 0 Å². The van der Waals surface area contributed by atoms with Crippen molar-refractivity contribution < 1.29 is 4.79 Å². The topological polar surface area (TPSA) is 65.5 Å². The average molecular weight is 401 g/mol. The van der Waals surface area contributed by atoms with E-state index >= 15 is 0 Å². The molecular formula is C22H29ClN4O. The number of halogens is 1. The van der Waals surface area contributed by atoms with Crippen LogP contribution >= 0.6 is 11.6 Å². The Balaban J connectivity index is 1.88. The summed E-state index contributed by atoms with van der Waals surface area (Å²) < 4.78 is 0. The van der Waals surface area contributed by atoms with Gasteiger partial charge in [0.05, 0.1) is 0 Å². The maximum absolute atomic E-state index is 11.7. The van der Waals surface area contributed by atoms with Gasteiger partial charge in [-0.1, -0.05) is 55.8 Å². The van der Waals surface area contributed by atoms with Crippen molar-refractivity contribution in [1.82, 2.24) is 16.0 Å². The van der Waals surface area contributed by atoms with E-state index in [1.54, 1.807) is 14.1 Å². The fourth-order valence-electron chi connectivity index (χ4n) is 2.97. The smallest absolute Gasteiger partial charge is 0.251 e. The highest BCUT2D eigenvalue weighted by molar-refractivity contribution is 6.31. The molecule has 0 saturated carbocycles. The first-order valence-corrected chi connectivity index (χ1v) is 9.75. The Hall–Kier alpha value is -2.53. The third-order valence-electron chi connectivity index (χ3n) is 4.65. The summed E-state index contributed by atoms with van der Waals surface area (Å²) in [5.41, 5.74) is 2.73. The first-order valence-electron chi connectivity index (χ1n) is 9.38. The van der Waals surface area contributed by atoms with Crippen LogP contribution in [0.4, 0.5) is 0 Å². The Morgan fingerprint density at radius 2 is 1.86 bits per heavy atom. The Bertz CT molecular complexity index is 833. The lowest BCUT2D eigenvalue weighted by Crippen LogP contribution is -2.44. The van der Waals surface area contributed by atoms with E-state index in [9.17, 15) is 4.79 Å². The van der Waals surface area contributed by atoms with E-state index < -0.39 is 0 Å². The van der Waals surface area contributed by atoms with Gasteiger partial charge in [-0.2, -0.15) is 0 Å². The van der Waals surface area contributed by atoms with E-state index in [0.29, 0.717) is 18.7 Å². The van der Waals surface area contributed by atoms with Gasteiger partial charge < -0.3 is 16.0 Å². The summed E-state index contributed by atoms with van der Waals surface area (Å²) in [6.07, 6.45) is 0.791. The van der Waals surface area contributed by atoms with E-state index in [1.807, 2.05) is 42.5 Å². The third kappa shape index (κ3) is 5.99.